The first-order valence-electron chi connectivity index (χ1n) is 15.7. The predicted octanol–water partition coefficient (Wildman–Crippen LogP) is 8.41. The van der Waals surface area contributed by atoms with E-state index in [2.05, 4.69) is 72.4 Å². The molecule has 41 heavy (non-hydrogen) atoms. The molecule has 0 aromatic heterocycles. The molecular weight excluding hydrogens is 527 g/mol. The van der Waals surface area contributed by atoms with E-state index in [-0.39, 0.29) is 22.0 Å². The molecule has 1 saturated carbocycles. The molecule has 1 aliphatic rings. The van der Waals surface area contributed by atoms with E-state index < -0.39 is 5.60 Å². The van der Waals surface area contributed by atoms with Crippen LogP contribution in [-0.4, -0.2) is 35.2 Å². The SMILES string of the molecule is CC1CC(=O)C1.CCC(C)C(C)=O.CCCC(CCC)(C(=O)C(C)C)c1ccc([B]OC(C)(C)C(C)(C)S)cc1C. The van der Waals surface area contributed by atoms with Gasteiger partial charge in [-0.3, -0.25) is 14.4 Å². The van der Waals surface area contributed by atoms with Gasteiger partial charge in [0.25, 0.3) is 0 Å². The second-order valence-electron chi connectivity index (χ2n) is 13.5. The Morgan fingerprint density at radius 1 is 1.02 bits per heavy atom. The topological polar surface area (TPSA) is 60.4 Å². The smallest absolute Gasteiger partial charge is 0.330 e. The maximum atomic E-state index is 13.3. The zero-order valence-electron chi connectivity index (χ0n) is 28.6. The molecule has 1 radical (unpaired) electrons. The van der Waals surface area contributed by atoms with Gasteiger partial charge < -0.3 is 4.65 Å². The average Bonchev–Trinajstić information content (AvgIpc) is 2.85. The van der Waals surface area contributed by atoms with Crippen LogP contribution in [-0.2, 0) is 24.5 Å². The van der Waals surface area contributed by atoms with Crippen LogP contribution in [0.3, 0.4) is 0 Å². The summed E-state index contributed by atoms with van der Waals surface area (Å²) in [7, 11) is 1.82. The molecule has 0 heterocycles. The van der Waals surface area contributed by atoms with Crippen LogP contribution >= 0.6 is 12.6 Å². The summed E-state index contributed by atoms with van der Waals surface area (Å²) < 4.78 is 5.81. The Morgan fingerprint density at radius 2 is 1.54 bits per heavy atom. The third kappa shape index (κ3) is 12.4. The Kier molecular flexibility index (Phi) is 17.1. The number of hydrogen-bond donors (Lipinski definition) is 1. The summed E-state index contributed by atoms with van der Waals surface area (Å²) in [4.78, 5) is 33.8. The molecular formula is C35H60BO4S. The third-order valence-corrected chi connectivity index (χ3v) is 9.08. The van der Waals surface area contributed by atoms with E-state index in [1.165, 1.54) is 5.56 Å². The van der Waals surface area contributed by atoms with Gasteiger partial charge >= 0.3 is 7.48 Å². The molecule has 0 saturated heterocycles. The number of Topliss-reactive ketones (excluding diaryl/α,β-unsaturated/α-hetero) is 3. The lowest BCUT2D eigenvalue weighted by Crippen LogP contribution is -2.46. The van der Waals surface area contributed by atoms with E-state index in [4.69, 9.17) is 4.65 Å². The van der Waals surface area contributed by atoms with E-state index in [0.29, 0.717) is 23.3 Å². The van der Waals surface area contributed by atoms with Gasteiger partial charge in [-0.1, -0.05) is 85.0 Å². The zero-order valence-corrected chi connectivity index (χ0v) is 29.5. The molecule has 0 aliphatic heterocycles. The van der Waals surface area contributed by atoms with Gasteiger partial charge in [-0.25, -0.2) is 0 Å². The highest BCUT2D eigenvalue weighted by Gasteiger charge is 2.40. The molecule has 1 aliphatic carbocycles. The van der Waals surface area contributed by atoms with Crippen LogP contribution in [0.5, 0.6) is 0 Å². The molecule has 1 aromatic rings. The van der Waals surface area contributed by atoms with Gasteiger partial charge in [0.05, 0.1) is 11.0 Å². The molecule has 2 rings (SSSR count). The minimum atomic E-state index is -0.398. The number of ketones is 3. The normalized spacial score (nSPS) is 14.8. The summed E-state index contributed by atoms with van der Waals surface area (Å²) in [5.74, 6) is 2.08. The highest BCUT2D eigenvalue weighted by Crippen LogP contribution is 2.39. The summed E-state index contributed by atoms with van der Waals surface area (Å²) >= 11 is 4.66. The van der Waals surface area contributed by atoms with Crippen molar-refractivity contribution in [3.05, 3.63) is 29.3 Å². The van der Waals surface area contributed by atoms with Crippen LogP contribution in [0.15, 0.2) is 18.2 Å². The van der Waals surface area contributed by atoms with Gasteiger partial charge in [-0.15, -0.1) is 0 Å². The summed E-state index contributed by atoms with van der Waals surface area (Å²) in [5, 5.41) is 0. The number of hydrogen-bond acceptors (Lipinski definition) is 5. The second kappa shape index (κ2) is 17.7. The van der Waals surface area contributed by atoms with E-state index >= 15 is 0 Å². The standard InChI is InChI=1S/C24H40BO2S.C6H12O.C5H8O/c1-10-14-24(15-11-2,21(26)17(3)4)20-13-12-19(16-18(20)5)25-27-22(6,7)23(8,9)28;1-4-5(2)6(3)7;1-4-2-5(6)3-4/h12-13,16-17,28H,10-11,14-15H2,1-9H3;5H,4H2,1-3H3;4H,2-3H2,1H3. The molecule has 0 bridgehead atoms. The zero-order chi connectivity index (χ0) is 32.2. The van der Waals surface area contributed by atoms with Gasteiger partial charge in [0.15, 0.2) is 0 Å². The quantitative estimate of drug-likeness (QED) is 0.186. The molecule has 1 aromatic carbocycles. The van der Waals surface area contributed by atoms with E-state index in [1.807, 2.05) is 49.0 Å². The van der Waals surface area contributed by atoms with Crippen molar-refractivity contribution in [3.8, 4) is 0 Å². The number of carbonyl (C=O) groups excluding carboxylic acids is 3. The molecule has 1 atom stereocenters. The van der Waals surface area contributed by atoms with Crippen molar-refractivity contribution in [2.24, 2.45) is 17.8 Å². The summed E-state index contributed by atoms with van der Waals surface area (Å²) in [5.41, 5.74) is 2.58. The Bertz CT molecular complexity index is 963. The van der Waals surface area contributed by atoms with Gasteiger partial charge in [-0.2, -0.15) is 12.6 Å². The van der Waals surface area contributed by atoms with Crippen molar-refractivity contribution >= 4 is 42.9 Å². The highest BCUT2D eigenvalue weighted by atomic mass is 32.1. The number of aryl methyl sites for hydroxylation is 1. The number of rotatable bonds is 13. The molecule has 233 valence electrons. The van der Waals surface area contributed by atoms with Gasteiger partial charge in [-0.05, 0) is 77.8 Å². The summed E-state index contributed by atoms with van der Waals surface area (Å²) in [6.07, 6.45) is 6.44. The maximum absolute atomic E-state index is 13.3. The van der Waals surface area contributed by atoms with Crippen molar-refractivity contribution in [3.63, 3.8) is 0 Å². The van der Waals surface area contributed by atoms with Crippen LogP contribution in [0.1, 0.15) is 139 Å². The molecule has 4 nitrogen and oxygen atoms in total. The molecule has 0 amide bonds. The fourth-order valence-corrected chi connectivity index (χ4v) is 4.89. The van der Waals surface area contributed by atoms with Crippen LogP contribution in [0.2, 0.25) is 0 Å². The third-order valence-electron chi connectivity index (χ3n) is 8.54. The second-order valence-corrected chi connectivity index (χ2v) is 14.6. The molecule has 0 spiro atoms. The fourth-order valence-electron chi connectivity index (χ4n) is 4.84. The minimum Gasteiger partial charge on any atom is -0.428 e. The van der Waals surface area contributed by atoms with Crippen molar-refractivity contribution in [1.82, 2.24) is 0 Å². The van der Waals surface area contributed by atoms with E-state index in [9.17, 15) is 14.4 Å². The Hall–Kier alpha value is -1.40. The highest BCUT2D eigenvalue weighted by molar-refractivity contribution is 7.81. The lowest BCUT2D eigenvalue weighted by Gasteiger charge is -2.38. The predicted molar refractivity (Wildman–Crippen MR) is 180 cm³/mol. The molecule has 1 unspecified atom stereocenters. The molecule has 6 heteroatoms. The lowest BCUT2D eigenvalue weighted by atomic mass is 9.66. The first-order chi connectivity index (χ1) is 18.8. The first-order valence-corrected chi connectivity index (χ1v) is 16.1. The van der Waals surface area contributed by atoms with Crippen LogP contribution < -0.4 is 5.46 Å². The maximum Gasteiger partial charge on any atom is 0.330 e. The van der Waals surface area contributed by atoms with Crippen molar-refractivity contribution in [1.29, 1.82) is 0 Å². The molecule has 1 fully saturated rings. The average molecular weight is 588 g/mol. The Balaban J connectivity index is 0.00000100. The first kappa shape index (κ1) is 39.6. The van der Waals surface area contributed by atoms with Crippen LogP contribution in [0.25, 0.3) is 0 Å². The van der Waals surface area contributed by atoms with Crippen molar-refractivity contribution in [2.75, 3.05) is 0 Å². The number of carbonyl (C=O) groups is 3. The van der Waals surface area contributed by atoms with Gasteiger partial charge in [0, 0.05) is 29.4 Å². The lowest BCUT2D eigenvalue weighted by molar-refractivity contribution is -0.128. The van der Waals surface area contributed by atoms with Crippen molar-refractivity contribution < 1.29 is 19.0 Å². The number of benzene rings is 1. The van der Waals surface area contributed by atoms with Gasteiger partial charge in [0.1, 0.15) is 17.3 Å². The fraction of sp³-hybridized carbons (Fsp3) is 0.743. The van der Waals surface area contributed by atoms with Crippen molar-refractivity contribution in [2.45, 2.75) is 151 Å². The Labute approximate surface area is 259 Å². The monoisotopic (exact) mass is 587 g/mol. The largest absolute Gasteiger partial charge is 0.428 e. The van der Waals surface area contributed by atoms with Crippen LogP contribution in [0, 0.1) is 24.7 Å². The Morgan fingerprint density at radius 3 is 1.80 bits per heavy atom. The minimum absolute atomic E-state index is 0.0329. The van der Waals surface area contributed by atoms with E-state index in [0.717, 1.165) is 56.0 Å². The van der Waals surface area contributed by atoms with Crippen LogP contribution in [0.4, 0.5) is 0 Å². The summed E-state index contributed by atoms with van der Waals surface area (Å²) in [6.45, 7) is 26.4. The van der Waals surface area contributed by atoms with E-state index in [1.54, 1.807) is 6.92 Å². The van der Waals surface area contributed by atoms with Gasteiger partial charge in [0.2, 0.25) is 0 Å². The summed E-state index contributed by atoms with van der Waals surface area (Å²) in [6, 6.07) is 6.37. The molecule has 0 N–H and O–H groups in total. The number of thiol groups is 1.